The second-order valence-corrected chi connectivity index (χ2v) is 4.29. The molecule has 0 bridgehead atoms. The highest BCUT2D eigenvalue weighted by Gasteiger charge is 2.11. The van der Waals surface area contributed by atoms with Crippen molar-refractivity contribution in [1.82, 2.24) is 15.1 Å². The van der Waals surface area contributed by atoms with Crippen molar-refractivity contribution < 1.29 is 8.78 Å². The predicted molar refractivity (Wildman–Crippen MR) is 64.8 cm³/mol. The van der Waals surface area contributed by atoms with Gasteiger partial charge in [-0.25, -0.2) is 8.78 Å². The van der Waals surface area contributed by atoms with Crippen LogP contribution >= 0.6 is 0 Å². The lowest BCUT2D eigenvalue weighted by atomic mass is 10.1. The number of hydrogen-bond donors (Lipinski definition) is 1. The third kappa shape index (κ3) is 2.92. The Kier molecular flexibility index (Phi) is 3.72. The van der Waals surface area contributed by atoms with Crippen molar-refractivity contribution in [3.05, 3.63) is 53.4 Å². The largest absolute Gasteiger partial charge is 0.306 e. The van der Waals surface area contributed by atoms with Gasteiger partial charge in [0.1, 0.15) is 11.6 Å². The minimum absolute atomic E-state index is 0.263. The van der Waals surface area contributed by atoms with Crippen LogP contribution in [0.1, 0.15) is 24.1 Å². The number of rotatable bonds is 4. The average Bonchev–Trinajstić information content (AvgIpc) is 2.75. The van der Waals surface area contributed by atoms with E-state index in [4.69, 9.17) is 0 Å². The molecule has 1 aromatic carbocycles. The molecule has 0 radical (unpaired) electrons. The van der Waals surface area contributed by atoms with Crippen LogP contribution in [-0.4, -0.2) is 9.78 Å². The Morgan fingerprint density at radius 2 is 2.17 bits per heavy atom. The molecular formula is C13H15F2N3. The molecule has 0 spiro atoms. The zero-order chi connectivity index (χ0) is 13.1. The van der Waals surface area contributed by atoms with Crippen molar-refractivity contribution >= 4 is 0 Å². The predicted octanol–water partition coefficient (Wildman–Crippen LogP) is 2.55. The minimum Gasteiger partial charge on any atom is -0.306 e. The minimum atomic E-state index is -0.429. The summed E-state index contributed by atoms with van der Waals surface area (Å²) in [4.78, 5) is 0. The standard InChI is InChI=1S/C13H15F2N3/c1-9(12-5-11(14)3-4-13(12)15)16-6-10-7-17-18(2)8-10/h3-5,7-9,16H,6H2,1-2H3. The fourth-order valence-electron chi connectivity index (χ4n) is 1.79. The molecule has 0 amide bonds. The van der Waals surface area contributed by atoms with Gasteiger partial charge < -0.3 is 5.32 Å². The molecule has 0 saturated heterocycles. The van der Waals surface area contributed by atoms with Gasteiger partial charge in [0.15, 0.2) is 0 Å². The highest BCUT2D eigenvalue weighted by molar-refractivity contribution is 5.22. The maximum absolute atomic E-state index is 13.5. The van der Waals surface area contributed by atoms with Gasteiger partial charge in [0.25, 0.3) is 0 Å². The molecule has 18 heavy (non-hydrogen) atoms. The summed E-state index contributed by atoms with van der Waals surface area (Å²) < 4.78 is 28.3. The van der Waals surface area contributed by atoms with Crippen molar-refractivity contribution in [3.8, 4) is 0 Å². The van der Waals surface area contributed by atoms with Crippen LogP contribution in [0.2, 0.25) is 0 Å². The molecule has 96 valence electrons. The molecule has 1 unspecified atom stereocenters. The quantitative estimate of drug-likeness (QED) is 0.905. The van der Waals surface area contributed by atoms with Gasteiger partial charge in [0.05, 0.1) is 6.20 Å². The van der Waals surface area contributed by atoms with Gasteiger partial charge in [-0.05, 0) is 25.1 Å². The van der Waals surface area contributed by atoms with Gasteiger partial charge in [0, 0.05) is 37.0 Å². The number of hydrogen-bond acceptors (Lipinski definition) is 2. The number of nitrogens with zero attached hydrogens (tertiary/aromatic N) is 2. The summed E-state index contributed by atoms with van der Waals surface area (Å²) in [5.41, 5.74) is 1.33. The van der Waals surface area contributed by atoms with E-state index in [1.807, 2.05) is 13.2 Å². The van der Waals surface area contributed by atoms with Crippen LogP contribution < -0.4 is 5.32 Å². The van der Waals surface area contributed by atoms with Crippen molar-refractivity contribution in [3.63, 3.8) is 0 Å². The molecule has 0 aliphatic heterocycles. The maximum atomic E-state index is 13.5. The first kappa shape index (κ1) is 12.7. The summed E-state index contributed by atoms with van der Waals surface area (Å²) in [6.07, 6.45) is 3.61. The van der Waals surface area contributed by atoms with Crippen molar-refractivity contribution in [1.29, 1.82) is 0 Å². The maximum Gasteiger partial charge on any atom is 0.128 e. The summed E-state index contributed by atoms with van der Waals surface area (Å²) in [7, 11) is 1.83. The Balaban J connectivity index is 2.03. The van der Waals surface area contributed by atoms with Gasteiger partial charge >= 0.3 is 0 Å². The first-order chi connectivity index (χ1) is 8.56. The van der Waals surface area contributed by atoms with Crippen LogP contribution in [0.25, 0.3) is 0 Å². The van der Waals surface area contributed by atoms with E-state index >= 15 is 0 Å². The third-order valence-electron chi connectivity index (χ3n) is 2.80. The Morgan fingerprint density at radius 3 is 2.83 bits per heavy atom. The lowest BCUT2D eigenvalue weighted by molar-refractivity contribution is 0.518. The Bertz CT molecular complexity index is 537. The normalized spacial score (nSPS) is 12.7. The van der Waals surface area contributed by atoms with Gasteiger partial charge in [0.2, 0.25) is 0 Å². The number of benzene rings is 1. The summed E-state index contributed by atoms with van der Waals surface area (Å²) in [6.45, 7) is 2.36. The molecule has 0 aliphatic rings. The van der Waals surface area contributed by atoms with E-state index in [1.165, 1.54) is 6.07 Å². The molecule has 1 aromatic heterocycles. The summed E-state index contributed by atoms with van der Waals surface area (Å²) in [5, 5.41) is 7.18. The Hall–Kier alpha value is -1.75. The fourth-order valence-corrected chi connectivity index (χ4v) is 1.79. The van der Waals surface area contributed by atoms with Crippen LogP contribution in [-0.2, 0) is 13.6 Å². The topological polar surface area (TPSA) is 29.9 Å². The third-order valence-corrected chi connectivity index (χ3v) is 2.80. The molecule has 2 rings (SSSR count). The molecule has 1 N–H and O–H groups in total. The smallest absolute Gasteiger partial charge is 0.128 e. The first-order valence-electron chi connectivity index (χ1n) is 5.72. The second-order valence-electron chi connectivity index (χ2n) is 4.29. The van der Waals surface area contributed by atoms with Crippen LogP contribution in [0.3, 0.4) is 0 Å². The van der Waals surface area contributed by atoms with Gasteiger partial charge in [-0.2, -0.15) is 5.10 Å². The SMILES string of the molecule is CC(NCc1cnn(C)c1)c1cc(F)ccc1F. The highest BCUT2D eigenvalue weighted by atomic mass is 19.1. The Labute approximate surface area is 104 Å². The number of aromatic nitrogens is 2. The van der Waals surface area contributed by atoms with Crippen molar-refractivity contribution in [2.75, 3.05) is 0 Å². The van der Waals surface area contributed by atoms with E-state index in [-0.39, 0.29) is 6.04 Å². The molecule has 0 fully saturated rings. The lowest BCUT2D eigenvalue weighted by Crippen LogP contribution is -2.19. The molecule has 0 aliphatic carbocycles. The highest BCUT2D eigenvalue weighted by Crippen LogP contribution is 2.18. The number of nitrogens with one attached hydrogen (secondary N) is 1. The molecule has 3 nitrogen and oxygen atoms in total. The van der Waals surface area contributed by atoms with Gasteiger partial charge in [-0.1, -0.05) is 0 Å². The van der Waals surface area contributed by atoms with E-state index in [0.29, 0.717) is 12.1 Å². The molecular weight excluding hydrogens is 236 g/mol. The molecule has 1 atom stereocenters. The van der Waals surface area contributed by atoms with Crippen LogP contribution in [0, 0.1) is 11.6 Å². The summed E-state index contributed by atoms with van der Waals surface area (Å²) >= 11 is 0. The van der Waals surface area contributed by atoms with E-state index in [9.17, 15) is 8.78 Å². The van der Waals surface area contributed by atoms with Crippen molar-refractivity contribution in [2.45, 2.75) is 19.5 Å². The summed E-state index contributed by atoms with van der Waals surface area (Å²) in [6, 6.07) is 3.22. The zero-order valence-electron chi connectivity index (χ0n) is 10.3. The van der Waals surface area contributed by atoms with Gasteiger partial charge in [-0.15, -0.1) is 0 Å². The van der Waals surface area contributed by atoms with Crippen LogP contribution in [0.15, 0.2) is 30.6 Å². The average molecular weight is 251 g/mol. The van der Waals surface area contributed by atoms with E-state index < -0.39 is 11.6 Å². The first-order valence-corrected chi connectivity index (χ1v) is 5.72. The fraction of sp³-hybridized carbons (Fsp3) is 0.308. The zero-order valence-corrected chi connectivity index (χ0v) is 10.3. The molecule has 5 heteroatoms. The van der Waals surface area contributed by atoms with Crippen LogP contribution in [0.5, 0.6) is 0 Å². The molecule has 1 heterocycles. The monoisotopic (exact) mass is 251 g/mol. The van der Waals surface area contributed by atoms with Crippen LogP contribution in [0.4, 0.5) is 8.78 Å². The van der Waals surface area contributed by atoms with E-state index in [2.05, 4.69) is 10.4 Å². The Morgan fingerprint density at radius 1 is 1.39 bits per heavy atom. The lowest BCUT2D eigenvalue weighted by Gasteiger charge is -2.14. The van der Waals surface area contributed by atoms with E-state index in [1.54, 1.807) is 17.8 Å². The number of aryl methyl sites for hydroxylation is 1. The van der Waals surface area contributed by atoms with E-state index in [0.717, 1.165) is 17.7 Å². The second kappa shape index (κ2) is 5.27. The van der Waals surface area contributed by atoms with Gasteiger partial charge in [-0.3, -0.25) is 4.68 Å². The van der Waals surface area contributed by atoms with Crippen molar-refractivity contribution in [2.24, 2.45) is 7.05 Å². The number of halogens is 2. The summed E-state index contributed by atoms with van der Waals surface area (Å²) in [5.74, 6) is -0.830. The molecule has 2 aromatic rings. The molecule has 0 saturated carbocycles.